The number of nitrogens with one attached hydrogen (secondary N) is 1. The SMILES string of the molecule is C=CC(OC(=O)[C@@H]1N2C(=O)C(NC(=O)c3ccccc3)[C@H]2SC1(C)C)c1ccccc1. The predicted molar refractivity (Wildman–Crippen MR) is 119 cm³/mol. The lowest BCUT2D eigenvalue weighted by Gasteiger charge is -2.44. The van der Waals surface area contributed by atoms with E-state index in [4.69, 9.17) is 4.74 Å². The summed E-state index contributed by atoms with van der Waals surface area (Å²) in [4.78, 5) is 40.1. The van der Waals surface area contributed by atoms with E-state index in [-0.39, 0.29) is 17.2 Å². The summed E-state index contributed by atoms with van der Waals surface area (Å²) in [6.45, 7) is 7.61. The molecule has 0 aromatic heterocycles. The van der Waals surface area contributed by atoms with Crippen LogP contribution in [0.4, 0.5) is 0 Å². The average Bonchev–Trinajstić information content (AvgIpc) is 3.04. The monoisotopic (exact) mass is 436 g/mol. The zero-order valence-electron chi connectivity index (χ0n) is 17.4. The molecule has 2 aromatic rings. The van der Waals surface area contributed by atoms with Gasteiger partial charge in [-0.25, -0.2) is 4.79 Å². The fraction of sp³-hybridized carbons (Fsp3) is 0.292. The minimum Gasteiger partial charge on any atom is -0.452 e. The van der Waals surface area contributed by atoms with Crippen LogP contribution in [0.1, 0.15) is 35.9 Å². The Kier molecular flexibility index (Phi) is 5.62. The maximum absolute atomic E-state index is 13.1. The summed E-state index contributed by atoms with van der Waals surface area (Å²) in [5, 5.41) is 2.50. The van der Waals surface area contributed by atoms with Crippen LogP contribution in [0.2, 0.25) is 0 Å². The molecule has 1 N–H and O–H groups in total. The van der Waals surface area contributed by atoms with Gasteiger partial charge in [0.1, 0.15) is 23.6 Å². The van der Waals surface area contributed by atoms with E-state index in [1.807, 2.05) is 50.2 Å². The Hall–Kier alpha value is -3.06. The van der Waals surface area contributed by atoms with E-state index in [0.717, 1.165) is 5.56 Å². The van der Waals surface area contributed by atoms with Crippen molar-refractivity contribution in [2.24, 2.45) is 0 Å². The fourth-order valence-corrected chi connectivity index (χ4v) is 5.65. The molecule has 160 valence electrons. The molecule has 31 heavy (non-hydrogen) atoms. The van der Waals surface area contributed by atoms with Gasteiger partial charge in [0, 0.05) is 10.3 Å². The number of thioether (sulfide) groups is 1. The number of esters is 1. The predicted octanol–water partition coefficient (Wildman–Crippen LogP) is 3.32. The molecule has 2 aromatic carbocycles. The molecule has 2 saturated heterocycles. The van der Waals surface area contributed by atoms with Gasteiger partial charge >= 0.3 is 5.97 Å². The summed E-state index contributed by atoms with van der Waals surface area (Å²) in [6.07, 6.45) is 0.971. The van der Waals surface area contributed by atoms with Gasteiger partial charge in [-0.05, 0) is 37.6 Å². The number of hydrogen-bond donors (Lipinski definition) is 1. The zero-order valence-corrected chi connectivity index (χ0v) is 18.2. The maximum atomic E-state index is 13.1. The third kappa shape index (κ3) is 3.85. The highest BCUT2D eigenvalue weighted by atomic mass is 32.2. The lowest BCUT2D eigenvalue weighted by molar-refractivity contribution is -0.165. The number of hydrogen-bond acceptors (Lipinski definition) is 5. The van der Waals surface area contributed by atoms with Gasteiger partial charge in [0.25, 0.3) is 5.91 Å². The highest BCUT2D eigenvalue weighted by molar-refractivity contribution is 8.01. The van der Waals surface area contributed by atoms with E-state index in [2.05, 4.69) is 11.9 Å². The highest BCUT2D eigenvalue weighted by Gasteiger charge is 2.64. The van der Waals surface area contributed by atoms with Crippen molar-refractivity contribution in [1.82, 2.24) is 10.2 Å². The quantitative estimate of drug-likeness (QED) is 0.427. The molecule has 6 nitrogen and oxygen atoms in total. The van der Waals surface area contributed by atoms with Crippen molar-refractivity contribution in [2.75, 3.05) is 0 Å². The molecule has 0 bridgehead atoms. The molecule has 0 saturated carbocycles. The zero-order chi connectivity index (χ0) is 22.2. The molecule has 2 fully saturated rings. The smallest absolute Gasteiger partial charge is 0.331 e. The Morgan fingerprint density at radius 3 is 2.35 bits per heavy atom. The fourth-order valence-electron chi connectivity index (χ4n) is 4.03. The number of amides is 2. The van der Waals surface area contributed by atoms with Crippen LogP contribution in [0, 0.1) is 0 Å². The van der Waals surface area contributed by atoms with Crippen LogP contribution in [-0.4, -0.2) is 44.9 Å². The minimum absolute atomic E-state index is 0.274. The van der Waals surface area contributed by atoms with Crippen molar-refractivity contribution in [3.63, 3.8) is 0 Å². The highest BCUT2D eigenvalue weighted by Crippen LogP contribution is 2.51. The second kappa shape index (κ2) is 8.23. The Morgan fingerprint density at radius 2 is 1.74 bits per heavy atom. The largest absolute Gasteiger partial charge is 0.452 e. The first kappa shape index (κ1) is 21.2. The molecule has 2 amide bonds. The third-order valence-corrected chi connectivity index (χ3v) is 7.14. The molecular formula is C24H24N2O4S. The Morgan fingerprint density at radius 1 is 1.13 bits per heavy atom. The molecule has 2 aliphatic heterocycles. The topological polar surface area (TPSA) is 75.7 Å². The Bertz CT molecular complexity index is 1010. The normalized spacial score (nSPS) is 24.5. The van der Waals surface area contributed by atoms with Gasteiger partial charge in [-0.15, -0.1) is 11.8 Å². The number of carbonyl (C=O) groups is 3. The van der Waals surface area contributed by atoms with Crippen molar-refractivity contribution < 1.29 is 19.1 Å². The Labute approximate surface area is 185 Å². The molecular weight excluding hydrogens is 412 g/mol. The summed E-state index contributed by atoms with van der Waals surface area (Å²) >= 11 is 1.50. The number of ether oxygens (including phenoxy) is 1. The summed E-state index contributed by atoms with van der Waals surface area (Å²) in [5.74, 6) is -1.06. The molecule has 4 rings (SSSR count). The molecule has 0 spiro atoms. The van der Waals surface area contributed by atoms with E-state index < -0.39 is 28.9 Å². The van der Waals surface area contributed by atoms with Crippen LogP contribution in [0.5, 0.6) is 0 Å². The van der Waals surface area contributed by atoms with Crippen LogP contribution in [-0.2, 0) is 14.3 Å². The second-order valence-corrected chi connectivity index (χ2v) is 9.85. The van der Waals surface area contributed by atoms with Gasteiger partial charge in [-0.3, -0.25) is 9.59 Å². The van der Waals surface area contributed by atoms with Crippen molar-refractivity contribution in [3.8, 4) is 0 Å². The number of β-lactam (4-membered cyclic amide) rings is 1. The molecule has 2 heterocycles. The van der Waals surface area contributed by atoms with Gasteiger partial charge in [-0.2, -0.15) is 0 Å². The van der Waals surface area contributed by atoms with Crippen molar-refractivity contribution in [3.05, 3.63) is 84.4 Å². The first-order valence-electron chi connectivity index (χ1n) is 10.1. The number of fused-ring (bicyclic) bond motifs is 1. The molecule has 7 heteroatoms. The number of carbonyl (C=O) groups excluding carboxylic acids is 3. The van der Waals surface area contributed by atoms with E-state index in [9.17, 15) is 14.4 Å². The van der Waals surface area contributed by atoms with Crippen molar-refractivity contribution in [2.45, 2.75) is 42.2 Å². The molecule has 4 atom stereocenters. The first-order chi connectivity index (χ1) is 14.8. The van der Waals surface area contributed by atoms with E-state index in [1.165, 1.54) is 16.7 Å². The van der Waals surface area contributed by atoms with Gasteiger partial charge in [-0.1, -0.05) is 55.1 Å². The molecule has 2 unspecified atom stereocenters. The van der Waals surface area contributed by atoms with Gasteiger partial charge in [0.15, 0.2) is 0 Å². The van der Waals surface area contributed by atoms with Crippen LogP contribution in [0.25, 0.3) is 0 Å². The minimum atomic E-state index is -0.744. The maximum Gasteiger partial charge on any atom is 0.331 e. The average molecular weight is 437 g/mol. The number of benzene rings is 2. The lowest BCUT2D eigenvalue weighted by Crippen LogP contribution is -2.70. The summed E-state index contributed by atoms with van der Waals surface area (Å²) < 4.78 is 5.18. The van der Waals surface area contributed by atoms with Crippen molar-refractivity contribution >= 4 is 29.5 Å². The van der Waals surface area contributed by atoms with Crippen LogP contribution in [0.3, 0.4) is 0 Å². The van der Waals surface area contributed by atoms with Crippen molar-refractivity contribution in [1.29, 1.82) is 0 Å². The van der Waals surface area contributed by atoms with E-state index >= 15 is 0 Å². The Balaban J connectivity index is 1.48. The second-order valence-electron chi connectivity index (χ2n) is 8.08. The third-order valence-electron chi connectivity index (χ3n) is 5.57. The summed E-state index contributed by atoms with van der Waals surface area (Å²) in [6, 6.07) is 16.7. The van der Waals surface area contributed by atoms with E-state index in [0.29, 0.717) is 5.56 Å². The first-order valence-corrected chi connectivity index (χ1v) is 11.0. The lowest BCUT2D eigenvalue weighted by atomic mass is 9.95. The van der Waals surface area contributed by atoms with Crippen LogP contribution < -0.4 is 5.32 Å². The van der Waals surface area contributed by atoms with Crippen LogP contribution >= 0.6 is 11.8 Å². The number of rotatable bonds is 6. The number of nitrogens with zero attached hydrogens (tertiary/aromatic N) is 1. The molecule has 0 radical (unpaired) electrons. The van der Waals surface area contributed by atoms with Gasteiger partial charge in [0.05, 0.1) is 0 Å². The standard InChI is InChI=1S/C24H24N2O4S/c1-4-17(15-11-7-5-8-12-15)30-23(29)19-24(2,3)31-22-18(21(28)26(19)22)25-20(27)16-13-9-6-10-14-16/h4-14,17-19,22H,1H2,2-3H3,(H,25,27)/t17?,18?,19-,22+/m0/s1. The molecule has 0 aliphatic carbocycles. The summed E-state index contributed by atoms with van der Waals surface area (Å²) in [7, 11) is 0. The summed E-state index contributed by atoms with van der Waals surface area (Å²) in [5.41, 5.74) is 1.30. The van der Waals surface area contributed by atoms with Gasteiger partial charge < -0.3 is 15.0 Å². The molecule has 2 aliphatic rings. The van der Waals surface area contributed by atoms with Crippen LogP contribution in [0.15, 0.2) is 73.3 Å². The van der Waals surface area contributed by atoms with Gasteiger partial charge in [0.2, 0.25) is 5.91 Å². The van der Waals surface area contributed by atoms with E-state index in [1.54, 1.807) is 30.3 Å².